The Kier molecular flexibility index (Phi) is 13.8. The first-order valence-corrected chi connectivity index (χ1v) is 23.2. The van der Waals surface area contributed by atoms with Crippen LogP contribution in [0.1, 0.15) is 99.3 Å². The number of hydrogen-bond donors (Lipinski definition) is 9. The van der Waals surface area contributed by atoms with Gasteiger partial charge < -0.3 is 79.1 Å². The van der Waals surface area contributed by atoms with Gasteiger partial charge in [-0.3, -0.25) is 4.79 Å². The van der Waals surface area contributed by atoms with Gasteiger partial charge >= 0.3 is 0 Å². The molecule has 0 spiro atoms. The van der Waals surface area contributed by atoms with Crippen LogP contribution >= 0.6 is 0 Å². The lowest BCUT2D eigenvalue weighted by atomic mass is 9.47. The van der Waals surface area contributed by atoms with Crippen molar-refractivity contribution >= 4 is 5.78 Å². The molecule has 9 N–H and O–H groups in total. The molecule has 0 aromatic rings. The van der Waals surface area contributed by atoms with Crippen LogP contribution in [-0.2, 0) is 38.0 Å². The molecule has 4 aliphatic carbocycles. The van der Waals surface area contributed by atoms with Crippen LogP contribution in [0.15, 0.2) is 11.6 Å². The van der Waals surface area contributed by atoms with Gasteiger partial charge in [0.25, 0.3) is 0 Å². The number of hydrogen-bond acceptors (Lipinski definition) is 17. The number of rotatable bonds is 9. The Labute approximate surface area is 363 Å². The Hall–Kier alpha value is -1.23. The van der Waals surface area contributed by atoms with Crippen molar-refractivity contribution in [2.24, 2.45) is 46.3 Å². The normalized spacial score (nSPS) is 55.1. The zero-order valence-electron chi connectivity index (χ0n) is 36.8. The van der Waals surface area contributed by atoms with Crippen LogP contribution in [0, 0.1) is 46.3 Å². The van der Waals surface area contributed by atoms with Crippen LogP contribution in [0.2, 0.25) is 0 Å². The van der Waals surface area contributed by atoms with Crippen molar-refractivity contribution in [1.82, 2.24) is 0 Å². The second-order valence-electron chi connectivity index (χ2n) is 20.7. The molecule has 62 heavy (non-hydrogen) atoms. The first-order valence-electron chi connectivity index (χ1n) is 23.2. The van der Waals surface area contributed by atoms with Crippen molar-refractivity contribution in [3.8, 4) is 0 Å². The Morgan fingerprint density at radius 1 is 0.629 bits per heavy atom. The molecular weight excluding hydrogens is 812 g/mol. The smallest absolute Gasteiger partial charge is 0.189 e. The Morgan fingerprint density at radius 2 is 1.24 bits per heavy atom. The van der Waals surface area contributed by atoms with Gasteiger partial charge in [0, 0.05) is 11.8 Å². The third-order valence-electron chi connectivity index (χ3n) is 17.2. The zero-order chi connectivity index (χ0) is 44.7. The summed E-state index contributed by atoms with van der Waals surface area (Å²) in [7, 11) is 0. The molecule has 7 fully saturated rings. The number of fused-ring (bicyclic) bond motifs is 5. The van der Waals surface area contributed by atoms with Crippen molar-refractivity contribution in [1.29, 1.82) is 0 Å². The largest absolute Gasteiger partial charge is 0.394 e. The van der Waals surface area contributed by atoms with Gasteiger partial charge in [-0.1, -0.05) is 33.3 Å². The van der Waals surface area contributed by atoms with E-state index < -0.39 is 111 Å². The highest BCUT2D eigenvalue weighted by atomic mass is 16.8. The van der Waals surface area contributed by atoms with E-state index in [9.17, 15) is 50.8 Å². The van der Waals surface area contributed by atoms with Crippen LogP contribution < -0.4 is 0 Å². The fourth-order valence-electron chi connectivity index (χ4n) is 13.1. The number of ether oxygens (including phenoxy) is 7. The number of allylic oxidation sites excluding steroid dienone is 2. The predicted molar refractivity (Wildman–Crippen MR) is 215 cm³/mol. The van der Waals surface area contributed by atoms with Gasteiger partial charge in [-0.25, -0.2) is 0 Å². The van der Waals surface area contributed by atoms with Crippen molar-refractivity contribution in [3.63, 3.8) is 0 Å². The van der Waals surface area contributed by atoms with Gasteiger partial charge in [0.2, 0.25) is 0 Å². The Morgan fingerprint density at radius 3 is 1.89 bits per heavy atom. The molecule has 0 unspecified atom stereocenters. The molecule has 354 valence electrons. The lowest BCUT2D eigenvalue weighted by Crippen LogP contribution is -2.64. The highest BCUT2D eigenvalue weighted by Crippen LogP contribution is 2.67. The standard InChI is InChI=1S/C45H72O17/c1-18-7-10-29(59-40(18)62-42-38(55)35(52)32(49)21(4)57-42)19(2)24-8-9-25-23-16-28(47)27-15-22(11-13-45(27,6)26(23)12-14-44(24,25)5)58-43-39(36(53)33(50)30(17-46)60-43)61-41-37(54)34(51)31(48)20(3)56-41/h16,18-22,24-27,29-43,46,48-55H,7-15,17H2,1-6H3/t18-,19+,20+,21+,22+,24-,25-,26+,27-,29+,30+,31+,32+,33+,34-,35-,36-,37+,38+,39+,40+,41-,42-,43+,44+,45-/m1/s1. The summed E-state index contributed by atoms with van der Waals surface area (Å²) in [5.74, 6) is 0.751. The molecule has 4 saturated heterocycles. The summed E-state index contributed by atoms with van der Waals surface area (Å²) < 4.78 is 42.6. The van der Waals surface area contributed by atoms with Crippen LogP contribution in [0.4, 0.5) is 0 Å². The average molecular weight is 885 g/mol. The molecule has 17 heteroatoms. The summed E-state index contributed by atoms with van der Waals surface area (Å²) in [6, 6.07) is 0. The van der Waals surface area contributed by atoms with E-state index in [4.69, 9.17) is 33.2 Å². The van der Waals surface area contributed by atoms with Crippen LogP contribution in [0.5, 0.6) is 0 Å². The summed E-state index contributed by atoms with van der Waals surface area (Å²) in [4.78, 5) is 14.4. The minimum atomic E-state index is -1.68. The maximum atomic E-state index is 14.4. The lowest BCUT2D eigenvalue weighted by molar-refractivity contribution is -0.370. The number of ketones is 1. The Balaban J connectivity index is 0.936. The third-order valence-corrected chi connectivity index (χ3v) is 17.2. The quantitative estimate of drug-likeness (QED) is 0.152. The van der Waals surface area contributed by atoms with Crippen LogP contribution in [-0.4, -0.2) is 169 Å². The molecule has 17 nitrogen and oxygen atoms in total. The van der Waals surface area contributed by atoms with E-state index in [1.165, 1.54) is 12.5 Å². The summed E-state index contributed by atoms with van der Waals surface area (Å²) in [6.45, 7) is 11.4. The van der Waals surface area contributed by atoms with E-state index in [0.717, 1.165) is 38.5 Å². The molecule has 4 heterocycles. The molecule has 8 aliphatic rings. The van der Waals surface area contributed by atoms with Gasteiger partial charge in [-0.15, -0.1) is 0 Å². The van der Waals surface area contributed by atoms with Crippen LogP contribution in [0.3, 0.4) is 0 Å². The minimum Gasteiger partial charge on any atom is -0.394 e. The lowest BCUT2D eigenvalue weighted by Gasteiger charge is -2.57. The highest BCUT2D eigenvalue weighted by Gasteiger charge is 2.61. The van der Waals surface area contributed by atoms with Gasteiger partial charge in [0.1, 0.15) is 61.0 Å². The van der Waals surface area contributed by atoms with E-state index in [1.54, 1.807) is 6.92 Å². The maximum Gasteiger partial charge on any atom is 0.189 e. The molecule has 0 aromatic heterocycles. The Bertz CT molecular complexity index is 1620. The minimum absolute atomic E-state index is 0.0327. The third kappa shape index (κ3) is 8.19. The average Bonchev–Trinajstić information content (AvgIpc) is 3.60. The summed E-state index contributed by atoms with van der Waals surface area (Å²) in [6.07, 6.45) is -12.1. The molecule has 26 atom stereocenters. The van der Waals surface area contributed by atoms with Crippen LogP contribution in [0.25, 0.3) is 0 Å². The van der Waals surface area contributed by atoms with Crippen molar-refractivity contribution < 1.29 is 83.9 Å². The van der Waals surface area contributed by atoms with E-state index in [1.807, 2.05) is 13.0 Å². The van der Waals surface area contributed by atoms with Gasteiger partial charge in [0.15, 0.2) is 30.9 Å². The summed E-state index contributed by atoms with van der Waals surface area (Å²) in [5.41, 5.74) is 0.899. The molecule has 0 amide bonds. The zero-order valence-corrected chi connectivity index (χ0v) is 36.8. The molecule has 0 radical (unpaired) electrons. The number of aliphatic hydroxyl groups is 9. The van der Waals surface area contributed by atoms with Crippen molar-refractivity contribution in [3.05, 3.63) is 11.6 Å². The molecule has 0 aromatic carbocycles. The van der Waals surface area contributed by atoms with Gasteiger partial charge in [0.05, 0.1) is 31.0 Å². The van der Waals surface area contributed by atoms with E-state index in [2.05, 4.69) is 20.8 Å². The molecule has 4 aliphatic heterocycles. The SMILES string of the molecule is C[C@H]([C@@H]1CC[C@@H](C)[C@H](O[C@H]2O[C@@H](C)[C@H](O)[C@@H](O)[C@@H]2O)O1)[C@H]1CC[C@@H]2C3=CC(=O)[C@H]4C[C@@H](O[C@H]5O[C@@H](CO)[C@H](O)[C@@H](O)[C@@H]5O[C@H]5O[C@@H](C)[C@H](O)[C@@H](O)[C@@H]5O)CC[C@]4(C)[C@H]3CC[C@]21C. The molecule has 8 rings (SSSR count). The van der Waals surface area contributed by atoms with Gasteiger partial charge in [-0.05, 0) is 112 Å². The number of aliphatic hydroxyl groups excluding tert-OH is 9. The fourth-order valence-corrected chi connectivity index (χ4v) is 13.1. The van der Waals surface area contributed by atoms with E-state index in [-0.39, 0.29) is 52.3 Å². The second kappa shape index (κ2) is 18.1. The van der Waals surface area contributed by atoms with Crippen molar-refractivity contribution in [2.75, 3.05) is 6.61 Å². The fraction of sp³-hybridized carbons (Fsp3) is 0.933. The first-order chi connectivity index (χ1) is 29.3. The summed E-state index contributed by atoms with van der Waals surface area (Å²) >= 11 is 0. The molecular formula is C45H72O17. The number of carbonyl (C=O) groups excluding carboxylic acids is 1. The monoisotopic (exact) mass is 884 g/mol. The first kappa shape index (κ1) is 47.3. The maximum absolute atomic E-state index is 14.4. The topological polar surface area (TPSA) is 264 Å². The molecule has 3 saturated carbocycles. The van der Waals surface area contributed by atoms with Gasteiger partial charge in [-0.2, -0.15) is 0 Å². The molecule has 0 bridgehead atoms. The second-order valence-corrected chi connectivity index (χ2v) is 20.7. The van der Waals surface area contributed by atoms with E-state index >= 15 is 0 Å². The predicted octanol–water partition coefficient (Wildman–Crippen LogP) is 0.403. The number of carbonyl (C=O) groups is 1. The summed E-state index contributed by atoms with van der Waals surface area (Å²) in [5, 5.41) is 94.4. The highest BCUT2D eigenvalue weighted by molar-refractivity contribution is 5.94. The van der Waals surface area contributed by atoms with E-state index in [0.29, 0.717) is 25.2 Å². The van der Waals surface area contributed by atoms with Crippen molar-refractivity contribution in [2.45, 2.75) is 210 Å².